The predicted octanol–water partition coefficient (Wildman–Crippen LogP) is 4.40. The summed E-state index contributed by atoms with van der Waals surface area (Å²) in [5.74, 6) is 0.232. The number of fused-ring (bicyclic) bond motifs is 4. The van der Waals surface area contributed by atoms with Gasteiger partial charge in [-0.2, -0.15) is 0 Å². The highest BCUT2D eigenvalue weighted by molar-refractivity contribution is 6.09. The number of amides is 1. The first kappa shape index (κ1) is 17.1. The molecule has 0 saturated heterocycles. The van der Waals surface area contributed by atoms with Crippen molar-refractivity contribution in [3.05, 3.63) is 70.5 Å². The van der Waals surface area contributed by atoms with Crippen molar-refractivity contribution < 1.29 is 23.6 Å². The molecular formula is C21H14N2O6. The zero-order valence-electron chi connectivity index (χ0n) is 15.0. The molecule has 0 atom stereocenters. The minimum absolute atomic E-state index is 0.00655. The average molecular weight is 390 g/mol. The van der Waals surface area contributed by atoms with Crippen LogP contribution in [-0.4, -0.2) is 17.6 Å². The van der Waals surface area contributed by atoms with Crippen LogP contribution in [0.1, 0.15) is 5.56 Å². The lowest BCUT2D eigenvalue weighted by Gasteiger charge is -2.07. The van der Waals surface area contributed by atoms with Crippen molar-refractivity contribution in [1.29, 1.82) is 0 Å². The van der Waals surface area contributed by atoms with Gasteiger partial charge in [0.05, 0.1) is 23.7 Å². The van der Waals surface area contributed by atoms with Gasteiger partial charge in [-0.05, 0) is 16.8 Å². The molecule has 0 aliphatic carbocycles. The first-order chi connectivity index (χ1) is 14.1. The average Bonchev–Trinajstić information content (AvgIpc) is 3.33. The van der Waals surface area contributed by atoms with Gasteiger partial charge in [0.2, 0.25) is 12.7 Å². The number of carbonyl (C=O) groups excluding carboxylic acids is 1. The number of hydrogen-bond donors (Lipinski definition) is 1. The predicted molar refractivity (Wildman–Crippen MR) is 105 cm³/mol. The highest BCUT2D eigenvalue weighted by Gasteiger charge is 2.25. The third kappa shape index (κ3) is 2.91. The van der Waals surface area contributed by atoms with Crippen molar-refractivity contribution in [1.82, 2.24) is 0 Å². The van der Waals surface area contributed by atoms with E-state index < -0.39 is 10.8 Å². The number of nitrogens with one attached hydrogen (secondary N) is 1. The highest BCUT2D eigenvalue weighted by Crippen LogP contribution is 2.40. The highest BCUT2D eigenvalue weighted by atomic mass is 16.7. The smallest absolute Gasteiger partial charge is 0.296 e. The van der Waals surface area contributed by atoms with Crippen LogP contribution in [0, 0.1) is 10.1 Å². The number of nitro groups is 1. The molecule has 1 amide bonds. The summed E-state index contributed by atoms with van der Waals surface area (Å²) in [7, 11) is 0. The Hall–Kier alpha value is -4.07. The number of carbonyl (C=O) groups is 1. The number of nitrogens with zero attached hydrogens (tertiary/aromatic N) is 1. The zero-order chi connectivity index (χ0) is 20.0. The molecule has 1 N–H and O–H groups in total. The maximum Gasteiger partial charge on any atom is 0.296 e. The number of hydrogen-bond acceptors (Lipinski definition) is 6. The second-order valence-corrected chi connectivity index (χ2v) is 6.63. The Morgan fingerprint density at radius 3 is 2.72 bits per heavy atom. The van der Waals surface area contributed by atoms with Gasteiger partial charge in [-0.15, -0.1) is 0 Å². The Morgan fingerprint density at radius 2 is 1.90 bits per heavy atom. The van der Waals surface area contributed by atoms with Crippen LogP contribution in [-0.2, 0) is 11.2 Å². The molecule has 5 rings (SSSR count). The Morgan fingerprint density at radius 1 is 1.10 bits per heavy atom. The Bertz CT molecular complexity index is 1290. The van der Waals surface area contributed by atoms with Gasteiger partial charge in [-0.25, -0.2) is 0 Å². The van der Waals surface area contributed by atoms with Crippen molar-refractivity contribution >= 4 is 39.0 Å². The number of nitro benzene ring substituents is 1. The van der Waals surface area contributed by atoms with Crippen molar-refractivity contribution in [2.75, 3.05) is 12.1 Å². The van der Waals surface area contributed by atoms with E-state index >= 15 is 0 Å². The molecule has 0 radical (unpaired) electrons. The first-order valence-corrected chi connectivity index (χ1v) is 8.86. The molecule has 29 heavy (non-hydrogen) atoms. The van der Waals surface area contributed by atoms with E-state index in [1.165, 1.54) is 12.1 Å². The lowest BCUT2D eigenvalue weighted by molar-refractivity contribution is -0.384. The van der Waals surface area contributed by atoms with Gasteiger partial charge in [-0.3, -0.25) is 14.9 Å². The summed E-state index contributed by atoms with van der Waals surface area (Å²) in [6.07, 6.45) is 1.55. The van der Waals surface area contributed by atoms with E-state index in [2.05, 4.69) is 5.32 Å². The third-order valence-electron chi connectivity index (χ3n) is 4.85. The van der Waals surface area contributed by atoms with E-state index in [0.29, 0.717) is 16.9 Å². The SMILES string of the molecule is O=C(Cc1coc2ccc3ccccc3c12)Nc1cc2c(cc1[N+](=O)[O-])OCO2. The van der Waals surface area contributed by atoms with Gasteiger partial charge in [0, 0.05) is 17.0 Å². The molecule has 4 aromatic rings. The van der Waals surface area contributed by atoms with E-state index in [9.17, 15) is 14.9 Å². The molecule has 0 unspecified atom stereocenters. The summed E-state index contributed by atoms with van der Waals surface area (Å²) in [6, 6.07) is 14.3. The molecule has 0 fully saturated rings. The monoisotopic (exact) mass is 390 g/mol. The summed E-state index contributed by atoms with van der Waals surface area (Å²) in [6.45, 7) is -0.0159. The van der Waals surface area contributed by atoms with Gasteiger partial charge >= 0.3 is 0 Å². The second-order valence-electron chi connectivity index (χ2n) is 6.63. The lowest BCUT2D eigenvalue weighted by atomic mass is 10.0. The largest absolute Gasteiger partial charge is 0.464 e. The molecule has 2 heterocycles. The maximum absolute atomic E-state index is 12.7. The fraction of sp³-hybridized carbons (Fsp3) is 0.0952. The molecule has 8 heteroatoms. The van der Waals surface area contributed by atoms with Crippen LogP contribution in [0.5, 0.6) is 11.5 Å². The molecular weight excluding hydrogens is 376 g/mol. The normalized spacial score (nSPS) is 12.4. The van der Waals surface area contributed by atoms with Gasteiger partial charge in [0.1, 0.15) is 11.3 Å². The van der Waals surface area contributed by atoms with Crippen molar-refractivity contribution in [3.63, 3.8) is 0 Å². The molecule has 3 aromatic carbocycles. The molecule has 144 valence electrons. The van der Waals surface area contributed by atoms with Crippen molar-refractivity contribution in [2.24, 2.45) is 0 Å². The van der Waals surface area contributed by atoms with Crippen LogP contribution in [0.25, 0.3) is 21.7 Å². The van der Waals surface area contributed by atoms with E-state index in [-0.39, 0.29) is 30.3 Å². The molecule has 8 nitrogen and oxygen atoms in total. The van der Waals surface area contributed by atoms with Crippen LogP contribution in [0.4, 0.5) is 11.4 Å². The Labute approximate surface area is 163 Å². The van der Waals surface area contributed by atoms with E-state index in [4.69, 9.17) is 13.9 Å². The van der Waals surface area contributed by atoms with E-state index in [1.54, 1.807) is 6.26 Å². The van der Waals surface area contributed by atoms with Crippen LogP contribution in [0.15, 0.2) is 59.2 Å². The molecule has 0 spiro atoms. The number of rotatable bonds is 4. The molecule has 1 aliphatic rings. The Balaban J connectivity index is 1.48. The summed E-state index contributed by atoms with van der Waals surface area (Å²) in [5.41, 5.74) is 1.19. The molecule has 0 bridgehead atoms. The topological polar surface area (TPSA) is 104 Å². The van der Waals surface area contributed by atoms with E-state index in [1.807, 2.05) is 36.4 Å². The molecule has 1 aliphatic heterocycles. The number of anilines is 1. The maximum atomic E-state index is 12.7. The fourth-order valence-electron chi connectivity index (χ4n) is 3.55. The van der Waals surface area contributed by atoms with Gasteiger partial charge < -0.3 is 19.2 Å². The van der Waals surface area contributed by atoms with Crippen molar-refractivity contribution in [2.45, 2.75) is 6.42 Å². The standard InChI is InChI=1S/C21H14N2O6/c24-20(22-15-8-18-19(29-11-28-18)9-16(15)23(25)26)7-13-10-27-17-6-5-12-3-1-2-4-14(12)21(13)17/h1-6,8-10H,7,11H2,(H,22,24). The second kappa shape index (κ2) is 6.52. The molecule has 0 saturated carbocycles. The summed E-state index contributed by atoms with van der Waals surface area (Å²) >= 11 is 0. The zero-order valence-corrected chi connectivity index (χ0v) is 15.0. The molecule has 1 aromatic heterocycles. The van der Waals surface area contributed by atoms with Crippen molar-refractivity contribution in [3.8, 4) is 11.5 Å². The number of benzene rings is 3. The van der Waals surface area contributed by atoms with Crippen LogP contribution < -0.4 is 14.8 Å². The Kier molecular flexibility index (Phi) is 3.83. The summed E-state index contributed by atoms with van der Waals surface area (Å²) in [4.78, 5) is 23.5. The third-order valence-corrected chi connectivity index (χ3v) is 4.85. The first-order valence-electron chi connectivity index (χ1n) is 8.86. The van der Waals surface area contributed by atoms with Gasteiger partial charge in [0.25, 0.3) is 5.69 Å². The quantitative estimate of drug-likeness (QED) is 0.409. The fourth-order valence-corrected chi connectivity index (χ4v) is 3.55. The minimum Gasteiger partial charge on any atom is -0.464 e. The van der Waals surface area contributed by atoms with E-state index in [0.717, 1.165) is 16.2 Å². The summed E-state index contributed by atoms with van der Waals surface area (Å²) < 4.78 is 16.0. The van der Waals surface area contributed by atoms with Crippen LogP contribution >= 0.6 is 0 Å². The van der Waals surface area contributed by atoms with Gasteiger partial charge in [-0.1, -0.05) is 30.3 Å². The lowest BCUT2D eigenvalue weighted by Crippen LogP contribution is -2.15. The minimum atomic E-state index is -0.571. The number of ether oxygens (including phenoxy) is 2. The van der Waals surface area contributed by atoms with Gasteiger partial charge in [0.15, 0.2) is 11.5 Å². The van der Waals surface area contributed by atoms with Crippen LogP contribution in [0.3, 0.4) is 0 Å². The number of furan rings is 1. The van der Waals surface area contributed by atoms with Crippen LogP contribution in [0.2, 0.25) is 0 Å². The summed E-state index contributed by atoms with van der Waals surface area (Å²) in [5, 5.41) is 16.9.